The lowest BCUT2D eigenvalue weighted by atomic mass is 9.97. The maximum absolute atomic E-state index is 12.9. The summed E-state index contributed by atoms with van der Waals surface area (Å²) in [6.07, 6.45) is 3.02. The van der Waals surface area contributed by atoms with Gasteiger partial charge in [0.15, 0.2) is 0 Å². The second-order valence-corrected chi connectivity index (χ2v) is 7.87. The number of hydrogen-bond acceptors (Lipinski definition) is 5. The number of nitrogens with one attached hydrogen (secondary N) is 1. The summed E-state index contributed by atoms with van der Waals surface area (Å²) in [5.41, 5.74) is 8.58. The third kappa shape index (κ3) is 3.61. The van der Waals surface area contributed by atoms with E-state index in [1.54, 1.807) is 4.90 Å². The molecule has 3 amide bonds. The Balaban J connectivity index is 1.46. The van der Waals surface area contributed by atoms with Crippen molar-refractivity contribution in [1.29, 1.82) is 0 Å². The first-order valence-electron chi connectivity index (χ1n) is 9.74. The van der Waals surface area contributed by atoms with Crippen LogP contribution in [0.15, 0.2) is 18.2 Å². The predicted molar refractivity (Wildman–Crippen MR) is 99.5 cm³/mol. The van der Waals surface area contributed by atoms with Crippen LogP contribution in [0.25, 0.3) is 0 Å². The molecule has 1 aromatic rings. The average Bonchev–Trinajstić information content (AvgIpc) is 2.98. The van der Waals surface area contributed by atoms with Gasteiger partial charge in [-0.25, -0.2) is 0 Å². The molecule has 3 aliphatic heterocycles. The number of fused-ring (bicyclic) bond motifs is 1. The Morgan fingerprint density at radius 1 is 1.19 bits per heavy atom. The molecule has 1 aromatic carbocycles. The molecular weight excluding hydrogens is 344 g/mol. The molecule has 0 bridgehead atoms. The van der Waals surface area contributed by atoms with Gasteiger partial charge in [0.1, 0.15) is 6.04 Å². The minimum atomic E-state index is -0.557. The fourth-order valence-corrected chi connectivity index (χ4v) is 4.45. The van der Waals surface area contributed by atoms with Crippen LogP contribution < -0.4 is 11.1 Å². The number of nitrogens with two attached hydrogens (primary N) is 1. The van der Waals surface area contributed by atoms with Crippen molar-refractivity contribution in [2.24, 2.45) is 11.7 Å². The first-order valence-corrected chi connectivity index (χ1v) is 9.74. The van der Waals surface area contributed by atoms with E-state index in [-0.39, 0.29) is 24.1 Å². The van der Waals surface area contributed by atoms with Gasteiger partial charge in [0.05, 0.1) is 0 Å². The summed E-state index contributed by atoms with van der Waals surface area (Å²) in [6, 6.07) is 5.49. The van der Waals surface area contributed by atoms with Crippen LogP contribution in [0, 0.1) is 5.92 Å². The zero-order valence-corrected chi connectivity index (χ0v) is 15.4. The Hall–Kier alpha value is -2.25. The van der Waals surface area contributed by atoms with Crippen LogP contribution in [0.1, 0.15) is 47.2 Å². The fourth-order valence-electron chi connectivity index (χ4n) is 4.45. The first-order chi connectivity index (χ1) is 13.0. The normalized spacial score (nSPS) is 26.3. The van der Waals surface area contributed by atoms with Gasteiger partial charge in [0, 0.05) is 31.6 Å². The van der Waals surface area contributed by atoms with Gasteiger partial charge in [-0.05, 0) is 55.5 Å². The van der Waals surface area contributed by atoms with Crippen molar-refractivity contribution >= 4 is 17.7 Å². The van der Waals surface area contributed by atoms with Crippen LogP contribution in [0.3, 0.4) is 0 Å². The largest absolute Gasteiger partial charge is 0.330 e. The molecule has 27 heavy (non-hydrogen) atoms. The van der Waals surface area contributed by atoms with Gasteiger partial charge < -0.3 is 10.6 Å². The summed E-state index contributed by atoms with van der Waals surface area (Å²) in [5, 5.41) is 2.34. The number of rotatable bonds is 4. The minimum Gasteiger partial charge on any atom is -0.330 e. The lowest BCUT2D eigenvalue weighted by Gasteiger charge is -2.32. The van der Waals surface area contributed by atoms with Gasteiger partial charge in [-0.1, -0.05) is 12.1 Å². The number of piperidine rings is 2. The van der Waals surface area contributed by atoms with Gasteiger partial charge >= 0.3 is 0 Å². The van der Waals surface area contributed by atoms with Crippen LogP contribution in [0.2, 0.25) is 0 Å². The third-order valence-corrected chi connectivity index (χ3v) is 5.94. The number of amides is 3. The number of carbonyl (C=O) groups is 3. The van der Waals surface area contributed by atoms with E-state index in [1.807, 2.05) is 12.1 Å². The Morgan fingerprint density at radius 3 is 2.81 bits per heavy atom. The van der Waals surface area contributed by atoms with Gasteiger partial charge in [0.25, 0.3) is 5.91 Å². The molecule has 144 valence electrons. The summed E-state index contributed by atoms with van der Waals surface area (Å²) in [7, 11) is 0. The van der Waals surface area contributed by atoms with Crippen LogP contribution in [0.5, 0.6) is 0 Å². The summed E-state index contributed by atoms with van der Waals surface area (Å²) in [4.78, 5) is 40.4. The lowest BCUT2D eigenvalue weighted by Crippen LogP contribution is -2.52. The van der Waals surface area contributed by atoms with E-state index < -0.39 is 6.04 Å². The monoisotopic (exact) mass is 370 g/mol. The SMILES string of the molecule is NC[C@@H]1CCCN(Cc2ccc3c(c2)C(=O)N(C2CCC(=O)NC2=O)C3)C1. The smallest absolute Gasteiger partial charge is 0.255 e. The second-order valence-electron chi connectivity index (χ2n) is 7.87. The average molecular weight is 370 g/mol. The number of likely N-dealkylation sites (tertiary alicyclic amines) is 1. The maximum atomic E-state index is 12.9. The molecule has 1 unspecified atom stereocenters. The van der Waals surface area contributed by atoms with Crippen molar-refractivity contribution in [3.63, 3.8) is 0 Å². The Bertz CT molecular complexity index is 778. The molecule has 4 rings (SSSR count). The van der Waals surface area contributed by atoms with E-state index in [0.717, 1.165) is 43.7 Å². The van der Waals surface area contributed by atoms with Crippen LogP contribution in [-0.2, 0) is 22.7 Å². The van der Waals surface area contributed by atoms with Crippen LogP contribution in [0.4, 0.5) is 0 Å². The Kier molecular flexibility index (Phi) is 4.97. The van der Waals surface area contributed by atoms with Crippen LogP contribution in [-0.4, -0.2) is 53.2 Å². The quantitative estimate of drug-likeness (QED) is 0.758. The van der Waals surface area contributed by atoms with Gasteiger partial charge in [-0.2, -0.15) is 0 Å². The molecule has 7 heteroatoms. The van der Waals surface area contributed by atoms with E-state index in [4.69, 9.17) is 5.73 Å². The van der Waals surface area contributed by atoms with E-state index >= 15 is 0 Å². The van der Waals surface area contributed by atoms with E-state index in [2.05, 4.69) is 16.3 Å². The zero-order valence-electron chi connectivity index (χ0n) is 15.4. The summed E-state index contributed by atoms with van der Waals surface area (Å²) >= 11 is 0. The molecule has 3 N–H and O–H groups in total. The Labute approximate surface area is 158 Å². The van der Waals surface area contributed by atoms with E-state index in [9.17, 15) is 14.4 Å². The highest BCUT2D eigenvalue weighted by Crippen LogP contribution is 2.29. The van der Waals surface area contributed by atoms with Crippen molar-refractivity contribution in [3.8, 4) is 0 Å². The molecule has 0 aliphatic carbocycles. The van der Waals surface area contributed by atoms with Crippen LogP contribution >= 0.6 is 0 Å². The molecule has 2 saturated heterocycles. The maximum Gasteiger partial charge on any atom is 0.255 e. The highest BCUT2D eigenvalue weighted by atomic mass is 16.2. The molecule has 0 radical (unpaired) electrons. The van der Waals surface area contributed by atoms with Crippen molar-refractivity contribution in [2.75, 3.05) is 19.6 Å². The predicted octanol–water partition coefficient (Wildman–Crippen LogP) is 0.618. The number of carbonyl (C=O) groups excluding carboxylic acids is 3. The minimum absolute atomic E-state index is 0.111. The van der Waals surface area contributed by atoms with E-state index in [1.165, 1.54) is 6.42 Å². The molecule has 7 nitrogen and oxygen atoms in total. The number of imide groups is 1. The van der Waals surface area contributed by atoms with Gasteiger partial charge in [-0.3, -0.25) is 24.6 Å². The number of nitrogens with zero attached hydrogens (tertiary/aromatic N) is 2. The Morgan fingerprint density at radius 2 is 2.04 bits per heavy atom. The van der Waals surface area contributed by atoms with Crippen molar-refractivity contribution in [1.82, 2.24) is 15.1 Å². The molecule has 0 saturated carbocycles. The third-order valence-electron chi connectivity index (χ3n) is 5.94. The molecule has 2 atom stereocenters. The highest BCUT2D eigenvalue weighted by Gasteiger charge is 2.39. The molecule has 2 fully saturated rings. The highest BCUT2D eigenvalue weighted by molar-refractivity contribution is 6.05. The second kappa shape index (κ2) is 7.40. The summed E-state index contributed by atoms with van der Waals surface area (Å²) < 4.78 is 0. The van der Waals surface area contributed by atoms with Gasteiger partial charge in [-0.15, -0.1) is 0 Å². The molecule has 3 heterocycles. The molecule has 0 aromatic heterocycles. The molecular formula is C20H26N4O3. The summed E-state index contributed by atoms with van der Waals surface area (Å²) in [6.45, 7) is 4.03. The van der Waals surface area contributed by atoms with Gasteiger partial charge in [0.2, 0.25) is 11.8 Å². The standard InChI is InChI=1S/C20H26N4O3/c21-9-14-2-1-7-23(11-14)10-13-3-4-15-12-24(20(27)16(15)8-13)17-5-6-18(25)22-19(17)26/h3-4,8,14,17H,1-2,5-7,9-12,21H2,(H,22,25,26)/t14-,17?/m0/s1. The van der Waals surface area contributed by atoms with E-state index in [0.29, 0.717) is 24.4 Å². The first kappa shape index (κ1) is 18.1. The number of hydrogen-bond donors (Lipinski definition) is 2. The zero-order chi connectivity index (χ0) is 19.0. The topological polar surface area (TPSA) is 95.7 Å². The van der Waals surface area contributed by atoms with Crippen molar-refractivity contribution in [2.45, 2.75) is 44.8 Å². The van der Waals surface area contributed by atoms with Crippen molar-refractivity contribution < 1.29 is 14.4 Å². The summed E-state index contributed by atoms with van der Waals surface area (Å²) in [5.74, 6) is -0.188. The molecule has 0 spiro atoms. The fraction of sp³-hybridized carbons (Fsp3) is 0.550. The lowest BCUT2D eigenvalue weighted by molar-refractivity contribution is -0.136. The number of benzene rings is 1. The molecule has 3 aliphatic rings. The van der Waals surface area contributed by atoms with Crippen molar-refractivity contribution in [3.05, 3.63) is 34.9 Å².